The number of hydrogen-bond donors (Lipinski definition) is 0. The summed E-state index contributed by atoms with van der Waals surface area (Å²) in [6.07, 6.45) is 6.11. The molecule has 4 aromatic carbocycles. The summed E-state index contributed by atoms with van der Waals surface area (Å²) in [7, 11) is -1.40. The summed E-state index contributed by atoms with van der Waals surface area (Å²) < 4.78 is 6.52. The number of nitrogens with zero attached hydrogens (tertiary/aromatic N) is 2. The van der Waals surface area contributed by atoms with Gasteiger partial charge in [-0.05, 0) is 58.8 Å². The molecule has 7 aromatic rings. The second-order valence-corrected chi connectivity index (χ2v) is 24.0. The van der Waals surface area contributed by atoms with Crippen molar-refractivity contribution in [3.8, 4) is 33.6 Å². The van der Waals surface area contributed by atoms with Gasteiger partial charge in [0.05, 0.1) is 13.7 Å². The van der Waals surface area contributed by atoms with Gasteiger partial charge in [0.25, 0.3) is 0 Å². The Bertz CT molecular complexity index is 2400. The zero-order chi connectivity index (χ0) is 39.7. The van der Waals surface area contributed by atoms with Gasteiger partial charge in [-0.3, -0.25) is 0 Å². The normalized spacial score (nSPS) is 12.1. The maximum atomic E-state index is 6.52. The van der Waals surface area contributed by atoms with Gasteiger partial charge in [0.2, 0.25) is 0 Å². The van der Waals surface area contributed by atoms with E-state index in [1.807, 2.05) is 12.3 Å². The van der Waals surface area contributed by atoms with Crippen molar-refractivity contribution in [1.29, 1.82) is 0 Å². The van der Waals surface area contributed by atoms with Crippen LogP contribution in [-0.4, -0.2) is 18.0 Å². The van der Waals surface area contributed by atoms with Crippen LogP contribution in [0.3, 0.4) is 0 Å². The van der Waals surface area contributed by atoms with Gasteiger partial charge in [0.1, 0.15) is 5.58 Å². The van der Waals surface area contributed by atoms with Crippen LogP contribution in [0, 0.1) is 29.9 Å². The van der Waals surface area contributed by atoms with Gasteiger partial charge in [0.15, 0.2) is 0 Å². The number of benzene rings is 4. The number of aryl methyl sites for hydroxylation is 1. The number of pyridine rings is 2. The molecule has 0 N–H and O–H groups in total. The number of para-hydroxylation sites is 1. The Morgan fingerprint density at radius 3 is 2.05 bits per heavy atom. The number of fused-ring (bicyclic) bond motifs is 3. The molecule has 1 radical (unpaired) electrons. The molecule has 0 spiro atoms. The minimum atomic E-state index is -1.40. The first-order chi connectivity index (χ1) is 25.9. The number of hydrogen-bond acceptors (Lipinski definition) is 3. The molecule has 0 atom stereocenters. The quantitative estimate of drug-likeness (QED) is 0.118. The number of aromatic nitrogens is 2. The molecule has 56 heavy (non-hydrogen) atoms. The molecule has 0 saturated carbocycles. The first-order valence-corrected chi connectivity index (χ1v) is 23.3. The van der Waals surface area contributed by atoms with Crippen LogP contribution in [-0.2, 0) is 32.9 Å². The van der Waals surface area contributed by atoms with E-state index in [9.17, 15) is 0 Å². The third-order valence-corrected chi connectivity index (χ3v) is 12.0. The summed E-state index contributed by atoms with van der Waals surface area (Å²) in [5, 5.41) is 3.70. The zero-order valence-corrected chi connectivity index (χ0v) is 38.8. The minimum Gasteiger partial charge on any atom is -0.500 e. The van der Waals surface area contributed by atoms with Crippen molar-refractivity contribution in [2.24, 2.45) is 10.8 Å². The van der Waals surface area contributed by atoms with Gasteiger partial charge in [-0.1, -0.05) is 163 Å². The van der Waals surface area contributed by atoms with E-state index in [0.29, 0.717) is 5.92 Å². The summed E-state index contributed by atoms with van der Waals surface area (Å²) in [5.41, 5.74) is 13.8. The van der Waals surface area contributed by atoms with Crippen LogP contribution < -0.4 is 5.19 Å². The fourth-order valence-corrected chi connectivity index (χ4v) is 8.82. The van der Waals surface area contributed by atoms with Crippen molar-refractivity contribution >= 4 is 35.2 Å². The van der Waals surface area contributed by atoms with Crippen LogP contribution in [0.2, 0.25) is 19.6 Å². The maximum Gasteiger partial charge on any atom is 0.128 e. The third kappa shape index (κ3) is 10.4. The smallest absolute Gasteiger partial charge is 0.128 e. The zero-order valence-electron chi connectivity index (χ0n) is 35.4. The van der Waals surface area contributed by atoms with E-state index in [1.165, 1.54) is 27.4 Å². The largest absolute Gasteiger partial charge is 0.500 e. The summed E-state index contributed by atoms with van der Waals surface area (Å²) >= 11 is 0. The van der Waals surface area contributed by atoms with Crippen LogP contribution in [0.25, 0.3) is 55.6 Å². The van der Waals surface area contributed by atoms with Crippen LogP contribution >= 0.6 is 0 Å². The molecule has 0 amide bonds. The van der Waals surface area contributed by atoms with Crippen molar-refractivity contribution in [3.05, 3.63) is 138 Å². The standard InChI is InChI=1S/C29H26NO.C22H32NSi.Ir/c1-19-11-13-21(14-12-19)22-7-5-8-23-24-9-6-10-25(28(24)31-27(22)23)26-17-20(15-16-30-26)18-29(2,3)4;1-16(2)17-9-11-18(12-10-17)20-13-19(14-22(3,4)5)21(15-23-20)24(6,7)8;/h5-9,11-17H,18H2,1-4H3;9-11,13,15-16H,14H2,1-8H3;/q2*-1;. The van der Waals surface area contributed by atoms with Gasteiger partial charge >= 0.3 is 0 Å². The minimum absolute atomic E-state index is 0. The Morgan fingerprint density at radius 1 is 0.732 bits per heavy atom. The van der Waals surface area contributed by atoms with Gasteiger partial charge in [-0.2, -0.15) is 0 Å². The first kappa shape index (κ1) is 43.0. The number of furan rings is 1. The third-order valence-electron chi connectivity index (χ3n) is 9.93. The molecule has 0 aliphatic heterocycles. The SMILES string of the molecule is CC(C)c1c[c-]c(-c2cc(CC(C)(C)C)c([Si](C)(C)C)cn2)cc1.Cc1ccc(-c2cccc3c2oc2c(-c4cc(CC(C)(C)C)ccn4)[c-]ccc23)cc1.[Ir]. The molecule has 0 bridgehead atoms. The maximum absolute atomic E-state index is 6.52. The Hall–Kier alpha value is -4.15. The molecule has 3 aromatic heterocycles. The van der Waals surface area contributed by atoms with Gasteiger partial charge in [-0.25, -0.2) is 0 Å². The van der Waals surface area contributed by atoms with E-state index in [1.54, 1.807) is 0 Å². The Kier molecular flexibility index (Phi) is 13.2. The fraction of sp³-hybridized carbons (Fsp3) is 0.333. The van der Waals surface area contributed by atoms with Crippen LogP contribution in [0.15, 0.2) is 108 Å². The van der Waals surface area contributed by atoms with Crippen LogP contribution in [0.1, 0.15) is 83.6 Å². The van der Waals surface area contributed by atoms with E-state index < -0.39 is 8.07 Å². The van der Waals surface area contributed by atoms with Crippen molar-refractivity contribution in [2.75, 3.05) is 0 Å². The Balaban J connectivity index is 0.000000218. The molecular weight excluding hydrogens is 877 g/mol. The molecular formula is C51H58IrN2OSi-2. The first-order valence-electron chi connectivity index (χ1n) is 19.8. The van der Waals surface area contributed by atoms with E-state index in [4.69, 9.17) is 9.40 Å². The summed E-state index contributed by atoms with van der Waals surface area (Å²) in [6, 6.07) is 38.9. The molecule has 0 aliphatic carbocycles. The molecule has 5 heteroatoms. The van der Waals surface area contributed by atoms with Crippen LogP contribution in [0.4, 0.5) is 0 Å². The molecule has 3 heterocycles. The number of rotatable bonds is 7. The van der Waals surface area contributed by atoms with Gasteiger partial charge < -0.3 is 14.4 Å². The van der Waals surface area contributed by atoms with Crippen molar-refractivity contribution in [2.45, 2.75) is 101 Å². The monoisotopic (exact) mass is 935 g/mol. The van der Waals surface area contributed by atoms with Crippen molar-refractivity contribution in [1.82, 2.24) is 9.97 Å². The topological polar surface area (TPSA) is 38.9 Å². The molecule has 0 unspecified atom stereocenters. The van der Waals surface area contributed by atoms with Gasteiger partial charge in [-0.15, -0.1) is 53.6 Å². The second kappa shape index (κ2) is 17.1. The van der Waals surface area contributed by atoms with Gasteiger partial charge in [0, 0.05) is 43.4 Å². The Labute approximate surface area is 350 Å². The average Bonchev–Trinajstić information content (AvgIpc) is 3.50. The fourth-order valence-electron chi connectivity index (χ4n) is 7.24. The molecule has 0 aliphatic rings. The van der Waals surface area contributed by atoms with E-state index >= 15 is 0 Å². The summed E-state index contributed by atoms with van der Waals surface area (Å²) in [4.78, 5) is 9.44. The Morgan fingerprint density at radius 2 is 1.43 bits per heavy atom. The molecule has 293 valence electrons. The van der Waals surface area contributed by atoms with E-state index in [2.05, 4.69) is 190 Å². The summed E-state index contributed by atoms with van der Waals surface area (Å²) in [5.74, 6) is 0.536. The van der Waals surface area contributed by atoms with Crippen LogP contribution in [0.5, 0.6) is 0 Å². The average molecular weight is 935 g/mol. The van der Waals surface area contributed by atoms with E-state index in [-0.39, 0.29) is 30.9 Å². The van der Waals surface area contributed by atoms with Crippen molar-refractivity contribution < 1.29 is 24.5 Å². The predicted octanol–water partition coefficient (Wildman–Crippen LogP) is 13.8. The molecule has 7 rings (SSSR count). The van der Waals surface area contributed by atoms with E-state index in [0.717, 1.165) is 68.4 Å². The molecule has 0 saturated heterocycles. The molecule has 0 fully saturated rings. The predicted molar refractivity (Wildman–Crippen MR) is 238 cm³/mol. The van der Waals surface area contributed by atoms with Crippen molar-refractivity contribution in [3.63, 3.8) is 0 Å². The second-order valence-electron chi connectivity index (χ2n) is 18.9. The molecule has 3 nitrogen and oxygen atoms in total. The summed E-state index contributed by atoms with van der Waals surface area (Å²) in [6.45, 7) is 27.4.